The van der Waals surface area contributed by atoms with Crippen LogP contribution in [0.1, 0.15) is 44.1 Å². The maximum atomic E-state index is 10.7. The van der Waals surface area contributed by atoms with E-state index in [9.17, 15) is 10.1 Å². The topological polar surface area (TPSA) is 68.1 Å². The molecule has 1 aromatic heterocycles. The van der Waals surface area contributed by atoms with Gasteiger partial charge in [0.25, 0.3) is 5.69 Å². The average molecular weight is 299 g/mol. The van der Waals surface area contributed by atoms with Gasteiger partial charge in [-0.2, -0.15) is 0 Å². The molecule has 2 aromatic rings. The van der Waals surface area contributed by atoms with Gasteiger partial charge in [-0.05, 0) is 30.5 Å². The second-order valence-electron chi connectivity index (χ2n) is 5.71. The lowest BCUT2D eigenvalue weighted by atomic mass is 9.98. The van der Waals surface area contributed by atoms with Gasteiger partial charge in [-0.25, -0.2) is 0 Å². The van der Waals surface area contributed by atoms with Crippen molar-refractivity contribution >= 4 is 5.69 Å². The second-order valence-corrected chi connectivity index (χ2v) is 5.71. The Hall–Kier alpha value is -2.27. The second kappa shape index (κ2) is 7.13. The van der Waals surface area contributed by atoms with Crippen molar-refractivity contribution in [1.29, 1.82) is 0 Å². The number of hydrogen-bond acceptors (Lipinski definition) is 4. The minimum absolute atomic E-state index is 0.0789. The molecule has 0 spiro atoms. The molecule has 116 valence electrons. The van der Waals surface area contributed by atoms with Crippen LogP contribution >= 0.6 is 0 Å². The summed E-state index contributed by atoms with van der Waals surface area (Å²) in [7, 11) is 0. The summed E-state index contributed by atoms with van der Waals surface area (Å²) in [5.74, 6) is 0.385. The highest BCUT2D eigenvalue weighted by Crippen LogP contribution is 2.25. The molecule has 0 saturated carbocycles. The summed E-state index contributed by atoms with van der Waals surface area (Å²) >= 11 is 0. The van der Waals surface area contributed by atoms with E-state index in [1.54, 1.807) is 30.5 Å². The summed E-state index contributed by atoms with van der Waals surface area (Å²) in [5.41, 5.74) is 2.14. The quantitative estimate of drug-likeness (QED) is 0.645. The number of nitrogens with one attached hydrogen (secondary N) is 1. The van der Waals surface area contributed by atoms with E-state index < -0.39 is 0 Å². The Balaban J connectivity index is 2.14. The predicted octanol–water partition coefficient (Wildman–Crippen LogP) is 4.04. The molecule has 0 amide bonds. The first-order valence-electron chi connectivity index (χ1n) is 7.40. The number of hydrogen-bond donors (Lipinski definition) is 1. The van der Waals surface area contributed by atoms with Gasteiger partial charge in [0, 0.05) is 24.4 Å². The van der Waals surface area contributed by atoms with E-state index in [2.05, 4.69) is 31.1 Å². The first-order valence-corrected chi connectivity index (χ1v) is 7.40. The van der Waals surface area contributed by atoms with Gasteiger partial charge in [-0.15, -0.1) is 0 Å². The zero-order valence-corrected chi connectivity index (χ0v) is 13.1. The molecule has 0 aliphatic heterocycles. The van der Waals surface area contributed by atoms with Gasteiger partial charge >= 0.3 is 0 Å². The number of benzene rings is 1. The van der Waals surface area contributed by atoms with Gasteiger partial charge in [0.2, 0.25) is 0 Å². The molecule has 0 unspecified atom stereocenters. The summed E-state index contributed by atoms with van der Waals surface area (Å²) in [6.45, 7) is 6.35. The Bertz CT molecular complexity index is 612. The van der Waals surface area contributed by atoms with Gasteiger partial charge in [0.1, 0.15) is 0 Å². The summed E-state index contributed by atoms with van der Waals surface area (Å²) in [6.07, 6.45) is 1.79. The highest BCUT2D eigenvalue weighted by Gasteiger charge is 2.20. The van der Waals surface area contributed by atoms with Crippen LogP contribution in [0.2, 0.25) is 0 Å². The van der Waals surface area contributed by atoms with Crippen molar-refractivity contribution in [3.8, 4) is 0 Å². The fraction of sp³-hybridized carbons (Fsp3) is 0.353. The highest BCUT2D eigenvalue weighted by molar-refractivity contribution is 5.34. The molecule has 5 heteroatoms. The van der Waals surface area contributed by atoms with Crippen LogP contribution in [0.4, 0.5) is 5.69 Å². The van der Waals surface area contributed by atoms with Gasteiger partial charge in [0.05, 0.1) is 16.7 Å². The van der Waals surface area contributed by atoms with E-state index in [1.165, 1.54) is 0 Å². The number of nitro benzene ring substituents is 1. The molecule has 2 atom stereocenters. The van der Waals surface area contributed by atoms with Crippen LogP contribution in [-0.2, 0) is 0 Å². The zero-order chi connectivity index (χ0) is 16.1. The lowest BCUT2D eigenvalue weighted by Crippen LogP contribution is -2.29. The molecule has 1 heterocycles. The molecule has 2 rings (SSSR count). The summed E-state index contributed by atoms with van der Waals surface area (Å²) in [4.78, 5) is 14.8. The number of nitrogens with zero attached hydrogens (tertiary/aromatic N) is 2. The van der Waals surface area contributed by atoms with Crippen molar-refractivity contribution < 1.29 is 4.92 Å². The third-order valence-electron chi connectivity index (χ3n) is 3.71. The monoisotopic (exact) mass is 299 g/mol. The van der Waals surface area contributed by atoms with Gasteiger partial charge in [-0.1, -0.05) is 32.0 Å². The maximum absolute atomic E-state index is 10.7. The molecule has 0 radical (unpaired) electrons. The molecule has 0 bridgehead atoms. The lowest BCUT2D eigenvalue weighted by Gasteiger charge is -2.26. The molecule has 1 N–H and O–H groups in total. The van der Waals surface area contributed by atoms with Crippen molar-refractivity contribution in [1.82, 2.24) is 10.3 Å². The molecule has 5 nitrogen and oxygen atoms in total. The van der Waals surface area contributed by atoms with Crippen LogP contribution < -0.4 is 5.32 Å². The summed E-state index contributed by atoms with van der Waals surface area (Å²) in [5, 5.41) is 14.3. The highest BCUT2D eigenvalue weighted by atomic mass is 16.6. The number of aromatic nitrogens is 1. The number of non-ortho nitro benzene ring substituents is 1. The molecule has 0 saturated heterocycles. The third-order valence-corrected chi connectivity index (χ3v) is 3.71. The first kappa shape index (κ1) is 16.1. The smallest absolute Gasteiger partial charge is 0.269 e. The molecular weight excluding hydrogens is 278 g/mol. The van der Waals surface area contributed by atoms with E-state index in [1.807, 2.05) is 18.2 Å². The molecule has 0 fully saturated rings. The van der Waals surface area contributed by atoms with E-state index in [0.717, 1.165) is 11.3 Å². The van der Waals surface area contributed by atoms with Crippen molar-refractivity contribution in [3.05, 3.63) is 70.0 Å². The van der Waals surface area contributed by atoms with E-state index in [4.69, 9.17) is 0 Å². The van der Waals surface area contributed by atoms with Crippen LogP contribution in [0.5, 0.6) is 0 Å². The van der Waals surface area contributed by atoms with Crippen LogP contribution in [0.15, 0.2) is 48.7 Å². The number of nitro groups is 1. The van der Waals surface area contributed by atoms with Crippen LogP contribution in [-0.4, -0.2) is 9.91 Å². The van der Waals surface area contributed by atoms with Gasteiger partial charge in [0.15, 0.2) is 0 Å². The summed E-state index contributed by atoms with van der Waals surface area (Å²) in [6, 6.07) is 12.8. The van der Waals surface area contributed by atoms with Crippen LogP contribution in [0, 0.1) is 16.0 Å². The standard InChI is InChI=1S/C17H21N3O2/c1-12(2)17(16-6-4-5-11-18-16)19-13(3)14-7-9-15(10-8-14)20(21)22/h4-13,17,19H,1-3H3/t13-,17+/m1/s1. The fourth-order valence-corrected chi connectivity index (χ4v) is 2.43. The van der Waals surface area contributed by atoms with Crippen molar-refractivity contribution in [2.24, 2.45) is 5.92 Å². The molecule has 22 heavy (non-hydrogen) atoms. The predicted molar refractivity (Wildman–Crippen MR) is 86.5 cm³/mol. The van der Waals surface area contributed by atoms with Crippen molar-refractivity contribution in [2.75, 3.05) is 0 Å². The number of rotatable bonds is 6. The van der Waals surface area contributed by atoms with E-state index in [0.29, 0.717) is 5.92 Å². The van der Waals surface area contributed by atoms with Gasteiger partial charge in [-0.3, -0.25) is 15.1 Å². The minimum atomic E-state index is -0.382. The molecule has 1 aromatic carbocycles. The Morgan fingerprint density at radius 1 is 1.09 bits per heavy atom. The zero-order valence-electron chi connectivity index (χ0n) is 13.1. The lowest BCUT2D eigenvalue weighted by molar-refractivity contribution is -0.384. The molecule has 0 aliphatic rings. The summed E-state index contributed by atoms with van der Waals surface area (Å²) < 4.78 is 0. The molecular formula is C17H21N3O2. The Morgan fingerprint density at radius 2 is 1.77 bits per heavy atom. The first-order chi connectivity index (χ1) is 10.5. The fourth-order valence-electron chi connectivity index (χ4n) is 2.43. The number of pyridine rings is 1. The van der Waals surface area contributed by atoms with Crippen molar-refractivity contribution in [3.63, 3.8) is 0 Å². The Labute approximate surface area is 130 Å². The maximum Gasteiger partial charge on any atom is 0.269 e. The molecule has 0 aliphatic carbocycles. The van der Waals surface area contributed by atoms with Gasteiger partial charge < -0.3 is 5.32 Å². The van der Waals surface area contributed by atoms with E-state index in [-0.39, 0.29) is 22.7 Å². The normalized spacial score (nSPS) is 13.8. The third kappa shape index (κ3) is 3.89. The Kier molecular flexibility index (Phi) is 5.22. The van der Waals surface area contributed by atoms with E-state index >= 15 is 0 Å². The Morgan fingerprint density at radius 3 is 2.27 bits per heavy atom. The van der Waals surface area contributed by atoms with Crippen molar-refractivity contribution in [2.45, 2.75) is 32.9 Å². The minimum Gasteiger partial charge on any atom is -0.302 e. The van der Waals surface area contributed by atoms with Crippen LogP contribution in [0.25, 0.3) is 0 Å². The largest absolute Gasteiger partial charge is 0.302 e. The van der Waals surface area contributed by atoms with Crippen LogP contribution in [0.3, 0.4) is 0 Å². The average Bonchev–Trinajstić information content (AvgIpc) is 2.53. The SMILES string of the molecule is CC(C)[C@H](N[C@H](C)c1ccc([N+](=O)[O-])cc1)c1ccccn1.